The minimum Gasteiger partial charge on any atom is -0.373 e. The molecule has 1 saturated carbocycles. The van der Waals surface area contributed by atoms with Gasteiger partial charge in [0.1, 0.15) is 0 Å². The van der Waals surface area contributed by atoms with Crippen LogP contribution in [-0.4, -0.2) is 22.8 Å². The van der Waals surface area contributed by atoms with Gasteiger partial charge >= 0.3 is 0 Å². The summed E-state index contributed by atoms with van der Waals surface area (Å²) in [6, 6.07) is 5.14. The van der Waals surface area contributed by atoms with Crippen LogP contribution < -0.4 is 5.32 Å². The van der Waals surface area contributed by atoms with Crippen molar-refractivity contribution in [2.24, 2.45) is 0 Å². The van der Waals surface area contributed by atoms with Crippen LogP contribution in [0.25, 0.3) is 0 Å². The zero-order valence-corrected chi connectivity index (χ0v) is 10.6. The second kappa shape index (κ2) is 4.83. The molecule has 1 aliphatic carbocycles. The molecule has 1 aromatic rings. The summed E-state index contributed by atoms with van der Waals surface area (Å²) < 4.78 is 8.23. The highest BCUT2D eigenvalue weighted by Gasteiger charge is 2.23. The number of aromatic nitrogens is 1. The third kappa shape index (κ3) is 2.90. The highest BCUT2D eigenvalue weighted by Crippen LogP contribution is 2.22. The lowest BCUT2D eigenvalue weighted by atomic mass is 10.2. The van der Waals surface area contributed by atoms with Crippen molar-refractivity contribution < 1.29 is 4.74 Å². The standard InChI is InChI=1S/C14H22N2O/c1-11-4-7-14(17-11)10-16-8-2-3-13(16)9-15-12-5-6-12/h2-3,8,11-12,14-15H,4-7,9-10H2,1H3. The van der Waals surface area contributed by atoms with E-state index >= 15 is 0 Å². The molecule has 1 N–H and O–H groups in total. The molecule has 0 bridgehead atoms. The minimum absolute atomic E-state index is 0.414. The highest BCUT2D eigenvalue weighted by atomic mass is 16.5. The quantitative estimate of drug-likeness (QED) is 0.846. The van der Waals surface area contributed by atoms with Crippen molar-refractivity contribution in [2.75, 3.05) is 0 Å². The molecule has 94 valence electrons. The zero-order chi connectivity index (χ0) is 11.7. The Morgan fingerprint density at radius 3 is 2.94 bits per heavy atom. The van der Waals surface area contributed by atoms with Crippen LogP contribution in [-0.2, 0) is 17.8 Å². The monoisotopic (exact) mass is 234 g/mol. The van der Waals surface area contributed by atoms with Crippen molar-refractivity contribution in [1.82, 2.24) is 9.88 Å². The molecule has 2 fully saturated rings. The van der Waals surface area contributed by atoms with Crippen LogP contribution in [0.4, 0.5) is 0 Å². The SMILES string of the molecule is CC1CCC(Cn2cccc2CNC2CC2)O1. The molecule has 0 radical (unpaired) electrons. The molecule has 1 aliphatic heterocycles. The van der Waals surface area contributed by atoms with Crippen molar-refractivity contribution >= 4 is 0 Å². The van der Waals surface area contributed by atoms with Crippen molar-refractivity contribution in [3.63, 3.8) is 0 Å². The van der Waals surface area contributed by atoms with Gasteiger partial charge in [-0.15, -0.1) is 0 Å². The van der Waals surface area contributed by atoms with Gasteiger partial charge in [-0.1, -0.05) is 0 Å². The Kier molecular flexibility index (Phi) is 3.21. The van der Waals surface area contributed by atoms with Crippen molar-refractivity contribution in [3.05, 3.63) is 24.0 Å². The molecule has 3 heteroatoms. The highest BCUT2D eigenvalue weighted by molar-refractivity contribution is 5.08. The number of ether oxygens (including phenoxy) is 1. The van der Waals surface area contributed by atoms with Gasteiger partial charge in [-0.2, -0.15) is 0 Å². The van der Waals surface area contributed by atoms with E-state index in [1.807, 2.05) is 0 Å². The Labute approximate surface area is 103 Å². The molecule has 3 rings (SSSR count). The van der Waals surface area contributed by atoms with Gasteiger partial charge in [-0.3, -0.25) is 0 Å². The zero-order valence-electron chi connectivity index (χ0n) is 10.6. The first-order valence-electron chi connectivity index (χ1n) is 6.84. The molecule has 2 aliphatic rings. The molecule has 2 heterocycles. The molecule has 0 aromatic carbocycles. The van der Waals surface area contributed by atoms with Gasteiger partial charge in [0.2, 0.25) is 0 Å². The fraction of sp³-hybridized carbons (Fsp3) is 0.714. The fourth-order valence-electron chi connectivity index (χ4n) is 2.56. The van der Waals surface area contributed by atoms with Gasteiger partial charge in [0, 0.05) is 31.0 Å². The third-order valence-electron chi connectivity index (χ3n) is 3.79. The molecule has 0 spiro atoms. The van der Waals surface area contributed by atoms with Gasteiger partial charge in [0.05, 0.1) is 12.2 Å². The Morgan fingerprint density at radius 1 is 1.35 bits per heavy atom. The maximum absolute atomic E-state index is 5.89. The summed E-state index contributed by atoms with van der Waals surface area (Å²) in [4.78, 5) is 0. The predicted octanol–water partition coefficient (Wildman–Crippen LogP) is 2.31. The summed E-state index contributed by atoms with van der Waals surface area (Å²) in [5, 5.41) is 3.57. The lowest BCUT2D eigenvalue weighted by Crippen LogP contribution is -2.21. The van der Waals surface area contributed by atoms with E-state index in [9.17, 15) is 0 Å². The molecular weight excluding hydrogens is 212 g/mol. The number of nitrogens with zero attached hydrogens (tertiary/aromatic N) is 1. The summed E-state index contributed by atoms with van der Waals surface area (Å²) in [6.45, 7) is 4.18. The van der Waals surface area contributed by atoms with Gasteiger partial charge in [0.15, 0.2) is 0 Å². The summed E-state index contributed by atoms with van der Waals surface area (Å²) in [5.74, 6) is 0. The smallest absolute Gasteiger partial charge is 0.0758 e. The topological polar surface area (TPSA) is 26.2 Å². The molecule has 0 amide bonds. The van der Waals surface area contributed by atoms with Crippen LogP contribution in [0.2, 0.25) is 0 Å². The first-order chi connectivity index (χ1) is 8.31. The Hall–Kier alpha value is -0.800. The van der Waals surface area contributed by atoms with Crippen LogP contribution in [0.5, 0.6) is 0 Å². The summed E-state index contributed by atoms with van der Waals surface area (Å²) in [6.07, 6.45) is 8.15. The molecule has 1 aromatic heterocycles. The lowest BCUT2D eigenvalue weighted by molar-refractivity contribution is 0.0454. The summed E-state index contributed by atoms with van der Waals surface area (Å²) in [5.41, 5.74) is 1.39. The Balaban J connectivity index is 1.56. The number of nitrogens with one attached hydrogen (secondary N) is 1. The maximum Gasteiger partial charge on any atom is 0.0758 e. The fourth-order valence-corrected chi connectivity index (χ4v) is 2.56. The second-order valence-electron chi connectivity index (χ2n) is 5.45. The van der Waals surface area contributed by atoms with E-state index in [1.54, 1.807) is 0 Å². The van der Waals surface area contributed by atoms with Crippen LogP contribution in [0.1, 0.15) is 38.3 Å². The van der Waals surface area contributed by atoms with Crippen molar-refractivity contribution in [1.29, 1.82) is 0 Å². The van der Waals surface area contributed by atoms with Gasteiger partial charge in [-0.05, 0) is 44.7 Å². The normalized spacial score (nSPS) is 28.8. The van der Waals surface area contributed by atoms with Crippen LogP contribution in [0.15, 0.2) is 18.3 Å². The van der Waals surface area contributed by atoms with Gasteiger partial charge < -0.3 is 14.6 Å². The van der Waals surface area contributed by atoms with E-state index in [4.69, 9.17) is 4.74 Å². The van der Waals surface area contributed by atoms with E-state index in [-0.39, 0.29) is 0 Å². The summed E-state index contributed by atoms with van der Waals surface area (Å²) >= 11 is 0. The van der Waals surface area contributed by atoms with E-state index < -0.39 is 0 Å². The Bertz CT molecular complexity index is 370. The lowest BCUT2D eigenvalue weighted by Gasteiger charge is -2.15. The molecule has 17 heavy (non-hydrogen) atoms. The maximum atomic E-state index is 5.89. The average molecular weight is 234 g/mol. The molecular formula is C14H22N2O. The van der Waals surface area contributed by atoms with Crippen molar-refractivity contribution in [2.45, 2.75) is 63.9 Å². The number of hydrogen-bond donors (Lipinski definition) is 1. The number of hydrogen-bond acceptors (Lipinski definition) is 2. The largest absolute Gasteiger partial charge is 0.373 e. The van der Waals surface area contributed by atoms with E-state index in [1.165, 1.54) is 31.4 Å². The third-order valence-corrected chi connectivity index (χ3v) is 3.79. The molecule has 2 atom stereocenters. The first-order valence-corrected chi connectivity index (χ1v) is 6.84. The second-order valence-corrected chi connectivity index (χ2v) is 5.45. The van der Waals surface area contributed by atoms with E-state index in [0.29, 0.717) is 12.2 Å². The van der Waals surface area contributed by atoms with Crippen LogP contribution >= 0.6 is 0 Å². The Morgan fingerprint density at radius 2 is 2.24 bits per heavy atom. The predicted molar refractivity (Wildman–Crippen MR) is 67.9 cm³/mol. The molecule has 2 unspecified atom stereocenters. The average Bonchev–Trinajstić information content (AvgIpc) is 2.90. The number of rotatable bonds is 5. The summed E-state index contributed by atoms with van der Waals surface area (Å²) in [7, 11) is 0. The van der Waals surface area contributed by atoms with Crippen LogP contribution in [0, 0.1) is 0 Å². The van der Waals surface area contributed by atoms with Gasteiger partial charge in [-0.25, -0.2) is 0 Å². The van der Waals surface area contributed by atoms with Crippen molar-refractivity contribution in [3.8, 4) is 0 Å². The first kappa shape index (κ1) is 11.3. The van der Waals surface area contributed by atoms with Gasteiger partial charge in [0.25, 0.3) is 0 Å². The molecule has 3 nitrogen and oxygen atoms in total. The van der Waals surface area contributed by atoms with Crippen LogP contribution in [0.3, 0.4) is 0 Å². The minimum atomic E-state index is 0.414. The molecule has 1 saturated heterocycles. The van der Waals surface area contributed by atoms with E-state index in [0.717, 1.165) is 19.1 Å². The van der Waals surface area contributed by atoms with E-state index in [2.05, 4.69) is 35.1 Å².